The van der Waals surface area contributed by atoms with Crippen LogP contribution in [0.1, 0.15) is 12.8 Å². The summed E-state index contributed by atoms with van der Waals surface area (Å²) in [4.78, 5) is 14.1. The Kier molecular flexibility index (Phi) is 4.26. The molecule has 5 nitrogen and oxygen atoms in total. The van der Waals surface area contributed by atoms with Gasteiger partial charge in [0.15, 0.2) is 0 Å². The number of piperidine rings is 1. The fourth-order valence-corrected chi connectivity index (χ4v) is 4.48. The van der Waals surface area contributed by atoms with Gasteiger partial charge in [-0.25, -0.2) is 14.4 Å². The maximum atomic E-state index is 13.4. The number of rotatable bonds is 3. The zero-order valence-corrected chi connectivity index (χ0v) is 15.9. The molecule has 2 bridgehead atoms. The number of ether oxygens (including phenoxy) is 1. The second kappa shape index (κ2) is 6.93. The van der Waals surface area contributed by atoms with E-state index in [4.69, 9.17) is 9.72 Å². The Morgan fingerprint density at radius 2 is 1.89 bits per heavy atom. The number of halogens is 1. The summed E-state index contributed by atoms with van der Waals surface area (Å²) in [5, 5.41) is 0.737. The first kappa shape index (κ1) is 17.2. The van der Waals surface area contributed by atoms with Crippen LogP contribution in [0.5, 0.6) is 5.75 Å². The quantitative estimate of drug-likeness (QED) is 0.692. The molecule has 3 saturated heterocycles. The second-order valence-electron chi connectivity index (χ2n) is 7.73. The zero-order chi connectivity index (χ0) is 19.1. The van der Waals surface area contributed by atoms with Crippen molar-refractivity contribution in [2.24, 2.45) is 5.92 Å². The SMILES string of the molecule is COc1ccc(N2CC3CCC2CN(c2ncc4cc(F)ccc4n2)C3)cc1. The Morgan fingerprint density at radius 1 is 1.04 bits per heavy atom. The Balaban J connectivity index is 1.42. The zero-order valence-electron chi connectivity index (χ0n) is 15.9. The lowest BCUT2D eigenvalue weighted by atomic mass is 9.94. The molecule has 3 fully saturated rings. The van der Waals surface area contributed by atoms with Crippen LogP contribution >= 0.6 is 0 Å². The third-order valence-corrected chi connectivity index (χ3v) is 5.93. The fraction of sp³-hybridized carbons (Fsp3) is 0.364. The van der Waals surface area contributed by atoms with Crippen LogP contribution in [-0.4, -0.2) is 42.8 Å². The monoisotopic (exact) mass is 378 g/mol. The molecule has 2 aromatic carbocycles. The van der Waals surface area contributed by atoms with E-state index in [9.17, 15) is 4.39 Å². The Labute approximate surface area is 163 Å². The molecule has 3 aliphatic heterocycles. The van der Waals surface area contributed by atoms with Crippen LogP contribution in [0.3, 0.4) is 0 Å². The van der Waals surface area contributed by atoms with Crippen molar-refractivity contribution in [3.8, 4) is 5.75 Å². The van der Waals surface area contributed by atoms with Gasteiger partial charge < -0.3 is 14.5 Å². The lowest BCUT2D eigenvalue weighted by molar-refractivity contribution is 0.405. The summed E-state index contributed by atoms with van der Waals surface area (Å²) in [6.07, 6.45) is 4.13. The molecule has 0 aliphatic carbocycles. The Bertz CT molecular complexity index is 993. The number of nitrogens with zero attached hydrogens (tertiary/aromatic N) is 4. The van der Waals surface area contributed by atoms with E-state index in [-0.39, 0.29) is 5.82 Å². The molecule has 3 aliphatic rings. The first-order valence-electron chi connectivity index (χ1n) is 9.77. The van der Waals surface area contributed by atoms with Gasteiger partial charge in [-0.2, -0.15) is 0 Å². The first-order chi connectivity index (χ1) is 13.7. The summed E-state index contributed by atoms with van der Waals surface area (Å²) in [5.74, 6) is 1.94. The molecule has 0 saturated carbocycles. The fourth-order valence-electron chi connectivity index (χ4n) is 4.48. The van der Waals surface area contributed by atoms with Gasteiger partial charge in [0, 0.05) is 42.9 Å². The molecule has 3 aromatic rings. The number of hydrogen-bond acceptors (Lipinski definition) is 5. The predicted octanol–water partition coefficient (Wildman–Crippen LogP) is 3.88. The van der Waals surface area contributed by atoms with E-state index < -0.39 is 0 Å². The molecule has 1 aromatic heterocycles. The minimum atomic E-state index is -0.258. The van der Waals surface area contributed by atoms with E-state index in [1.165, 1.54) is 30.7 Å². The highest BCUT2D eigenvalue weighted by Crippen LogP contribution is 2.34. The van der Waals surface area contributed by atoms with Crippen molar-refractivity contribution in [2.45, 2.75) is 18.9 Å². The van der Waals surface area contributed by atoms with Gasteiger partial charge in [0.05, 0.1) is 12.6 Å². The van der Waals surface area contributed by atoms with E-state index >= 15 is 0 Å². The minimum absolute atomic E-state index is 0.258. The summed E-state index contributed by atoms with van der Waals surface area (Å²) >= 11 is 0. The summed E-state index contributed by atoms with van der Waals surface area (Å²) < 4.78 is 18.7. The number of hydrogen-bond donors (Lipinski definition) is 0. The highest BCUT2D eigenvalue weighted by molar-refractivity contribution is 5.78. The highest BCUT2D eigenvalue weighted by atomic mass is 19.1. The van der Waals surface area contributed by atoms with Crippen LogP contribution in [0.15, 0.2) is 48.7 Å². The van der Waals surface area contributed by atoms with Gasteiger partial charge in [0.2, 0.25) is 5.95 Å². The number of anilines is 2. The van der Waals surface area contributed by atoms with Crippen LogP contribution in [0.4, 0.5) is 16.0 Å². The molecule has 144 valence electrons. The second-order valence-corrected chi connectivity index (χ2v) is 7.73. The predicted molar refractivity (Wildman–Crippen MR) is 109 cm³/mol. The topological polar surface area (TPSA) is 41.5 Å². The van der Waals surface area contributed by atoms with Crippen molar-refractivity contribution in [1.29, 1.82) is 0 Å². The summed E-state index contributed by atoms with van der Waals surface area (Å²) in [6, 6.07) is 13.4. The maximum absolute atomic E-state index is 13.4. The molecule has 2 unspecified atom stereocenters. The molecule has 0 radical (unpaired) electrons. The van der Waals surface area contributed by atoms with E-state index in [1.807, 2.05) is 12.1 Å². The van der Waals surface area contributed by atoms with E-state index in [0.717, 1.165) is 42.2 Å². The number of methoxy groups -OCH3 is 1. The number of fused-ring (bicyclic) bond motifs is 5. The summed E-state index contributed by atoms with van der Waals surface area (Å²) in [7, 11) is 1.69. The Hall–Kier alpha value is -2.89. The average Bonchev–Trinajstić information content (AvgIpc) is 3.05. The lowest BCUT2D eigenvalue weighted by Gasteiger charge is -2.38. The van der Waals surface area contributed by atoms with Gasteiger partial charge in [-0.05, 0) is 61.2 Å². The molecule has 0 amide bonds. The van der Waals surface area contributed by atoms with Gasteiger partial charge in [0.25, 0.3) is 0 Å². The van der Waals surface area contributed by atoms with Gasteiger partial charge in [-0.3, -0.25) is 0 Å². The molecule has 0 N–H and O–H groups in total. The van der Waals surface area contributed by atoms with E-state index in [0.29, 0.717) is 12.0 Å². The smallest absolute Gasteiger partial charge is 0.225 e. The van der Waals surface area contributed by atoms with Crippen molar-refractivity contribution in [3.63, 3.8) is 0 Å². The van der Waals surface area contributed by atoms with Crippen LogP contribution in [-0.2, 0) is 0 Å². The third-order valence-electron chi connectivity index (χ3n) is 5.93. The van der Waals surface area contributed by atoms with Gasteiger partial charge in [-0.1, -0.05) is 0 Å². The molecule has 28 heavy (non-hydrogen) atoms. The largest absolute Gasteiger partial charge is 0.497 e. The summed E-state index contributed by atoms with van der Waals surface area (Å²) in [6.45, 7) is 2.90. The standard InChI is InChI=1S/C22H23FN4O/c1-28-20-7-5-18(6-8-20)27-13-15-2-4-19(27)14-26(12-15)22-24-11-16-10-17(23)3-9-21(16)25-22/h3,5-11,15,19H,2,4,12-14H2,1H3. The first-order valence-corrected chi connectivity index (χ1v) is 9.77. The van der Waals surface area contributed by atoms with E-state index in [2.05, 4.69) is 26.9 Å². The summed E-state index contributed by atoms with van der Waals surface area (Å²) in [5.41, 5.74) is 2.03. The van der Waals surface area contributed by atoms with Crippen molar-refractivity contribution in [3.05, 3.63) is 54.5 Å². The average molecular weight is 378 g/mol. The van der Waals surface area contributed by atoms with Crippen molar-refractivity contribution in [1.82, 2.24) is 9.97 Å². The maximum Gasteiger partial charge on any atom is 0.225 e. The lowest BCUT2D eigenvalue weighted by Crippen LogP contribution is -2.44. The minimum Gasteiger partial charge on any atom is -0.497 e. The normalized spacial score (nSPS) is 21.8. The molecule has 4 heterocycles. The van der Waals surface area contributed by atoms with Gasteiger partial charge in [0.1, 0.15) is 11.6 Å². The van der Waals surface area contributed by atoms with Crippen LogP contribution in [0.2, 0.25) is 0 Å². The van der Waals surface area contributed by atoms with Crippen LogP contribution < -0.4 is 14.5 Å². The highest BCUT2D eigenvalue weighted by Gasteiger charge is 2.35. The number of aromatic nitrogens is 2. The number of benzene rings is 2. The molecule has 2 atom stereocenters. The van der Waals surface area contributed by atoms with Crippen LogP contribution in [0.25, 0.3) is 10.9 Å². The van der Waals surface area contributed by atoms with Gasteiger partial charge in [-0.15, -0.1) is 0 Å². The van der Waals surface area contributed by atoms with Crippen molar-refractivity contribution in [2.75, 3.05) is 36.5 Å². The molecule has 0 spiro atoms. The van der Waals surface area contributed by atoms with Gasteiger partial charge >= 0.3 is 0 Å². The molecule has 6 heteroatoms. The molecular weight excluding hydrogens is 355 g/mol. The Morgan fingerprint density at radius 3 is 2.71 bits per heavy atom. The van der Waals surface area contributed by atoms with Crippen molar-refractivity contribution < 1.29 is 9.13 Å². The molecule has 6 rings (SSSR count). The van der Waals surface area contributed by atoms with Crippen molar-refractivity contribution >= 4 is 22.5 Å². The third kappa shape index (κ3) is 3.13. The van der Waals surface area contributed by atoms with E-state index in [1.54, 1.807) is 19.4 Å². The molecular formula is C22H23FN4O. The van der Waals surface area contributed by atoms with Crippen LogP contribution in [0, 0.1) is 11.7 Å².